The van der Waals surface area contributed by atoms with Crippen molar-refractivity contribution in [3.63, 3.8) is 0 Å². The van der Waals surface area contributed by atoms with E-state index in [9.17, 15) is 4.79 Å². The SMILES string of the molecule is COc1ccc2c(c1)C/C(=C\C(C)=N)C2=O. The van der Waals surface area contributed by atoms with Gasteiger partial charge in [-0.1, -0.05) is 0 Å². The molecule has 1 N–H and O–H groups in total. The fourth-order valence-corrected chi connectivity index (χ4v) is 1.90. The number of hydrogen-bond acceptors (Lipinski definition) is 3. The topological polar surface area (TPSA) is 50.1 Å². The molecule has 0 saturated carbocycles. The van der Waals surface area contributed by atoms with Crippen LogP contribution in [0.15, 0.2) is 29.8 Å². The Hall–Kier alpha value is -1.90. The number of carbonyl (C=O) groups is 1. The van der Waals surface area contributed by atoms with Crippen LogP contribution in [-0.4, -0.2) is 18.6 Å². The van der Waals surface area contributed by atoms with Gasteiger partial charge >= 0.3 is 0 Å². The van der Waals surface area contributed by atoms with Crippen LogP contribution in [0.25, 0.3) is 0 Å². The minimum Gasteiger partial charge on any atom is -0.497 e. The van der Waals surface area contributed by atoms with Gasteiger partial charge in [0.1, 0.15) is 5.75 Å². The number of ketones is 1. The number of benzene rings is 1. The molecule has 0 spiro atoms. The lowest BCUT2D eigenvalue weighted by atomic mass is 10.1. The first kappa shape index (κ1) is 10.6. The van der Waals surface area contributed by atoms with Crippen molar-refractivity contribution in [3.05, 3.63) is 41.0 Å². The van der Waals surface area contributed by atoms with Crippen LogP contribution in [0.2, 0.25) is 0 Å². The van der Waals surface area contributed by atoms with Gasteiger partial charge in [-0.3, -0.25) is 4.79 Å². The number of nitrogens with one attached hydrogen (secondary N) is 1. The number of rotatable bonds is 2. The maximum atomic E-state index is 11.9. The highest BCUT2D eigenvalue weighted by Gasteiger charge is 2.24. The van der Waals surface area contributed by atoms with Crippen LogP contribution in [0.5, 0.6) is 5.75 Å². The van der Waals surface area contributed by atoms with Gasteiger partial charge in [-0.2, -0.15) is 0 Å². The molecule has 0 saturated heterocycles. The summed E-state index contributed by atoms with van der Waals surface area (Å²) < 4.78 is 5.12. The third-order valence-corrected chi connectivity index (χ3v) is 2.62. The Labute approximate surface area is 94.3 Å². The molecule has 16 heavy (non-hydrogen) atoms. The summed E-state index contributed by atoms with van der Waals surface area (Å²) in [6.07, 6.45) is 2.23. The van der Waals surface area contributed by atoms with Gasteiger partial charge in [0.2, 0.25) is 0 Å². The molecule has 0 fully saturated rings. The van der Waals surface area contributed by atoms with Crippen LogP contribution >= 0.6 is 0 Å². The molecule has 3 nitrogen and oxygen atoms in total. The quantitative estimate of drug-likeness (QED) is 0.608. The van der Waals surface area contributed by atoms with Crippen LogP contribution in [0.1, 0.15) is 22.8 Å². The molecule has 1 aromatic carbocycles. The Morgan fingerprint density at radius 1 is 1.50 bits per heavy atom. The van der Waals surface area contributed by atoms with Crippen molar-refractivity contribution >= 4 is 11.5 Å². The number of fused-ring (bicyclic) bond motifs is 1. The summed E-state index contributed by atoms with van der Waals surface area (Å²) in [6, 6.07) is 5.46. The van der Waals surface area contributed by atoms with E-state index in [1.807, 2.05) is 6.07 Å². The Bertz CT molecular complexity index is 501. The van der Waals surface area contributed by atoms with Crippen LogP contribution in [0.3, 0.4) is 0 Å². The maximum Gasteiger partial charge on any atom is 0.189 e. The standard InChI is InChI=1S/C13H13NO2/c1-8(14)5-10-6-9-7-11(16-2)3-4-12(9)13(10)15/h3-5,7,14H,6H2,1-2H3/b10-5+,14-8?. The Kier molecular flexibility index (Phi) is 2.60. The smallest absolute Gasteiger partial charge is 0.189 e. The van der Waals surface area contributed by atoms with Gasteiger partial charge in [-0.15, -0.1) is 0 Å². The van der Waals surface area contributed by atoms with E-state index < -0.39 is 0 Å². The van der Waals surface area contributed by atoms with E-state index in [0.29, 0.717) is 17.7 Å². The molecule has 0 atom stereocenters. The van der Waals surface area contributed by atoms with Gasteiger partial charge < -0.3 is 10.1 Å². The first-order valence-corrected chi connectivity index (χ1v) is 5.09. The van der Waals surface area contributed by atoms with Gasteiger partial charge in [0.25, 0.3) is 0 Å². The first-order valence-electron chi connectivity index (χ1n) is 5.09. The van der Waals surface area contributed by atoms with Gasteiger partial charge in [-0.25, -0.2) is 0 Å². The fourth-order valence-electron chi connectivity index (χ4n) is 1.90. The van der Waals surface area contributed by atoms with E-state index in [2.05, 4.69) is 0 Å². The molecule has 82 valence electrons. The van der Waals surface area contributed by atoms with Gasteiger partial charge in [0.15, 0.2) is 5.78 Å². The van der Waals surface area contributed by atoms with Gasteiger partial charge in [-0.05, 0) is 36.8 Å². The van der Waals surface area contributed by atoms with Crippen LogP contribution < -0.4 is 4.74 Å². The third-order valence-electron chi connectivity index (χ3n) is 2.62. The molecule has 0 bridgehead atoms. The van der Waals surface area contributed by atoms with Crippen molar-refractivity contribution in [3.8, 4) is 5.75 Å². The van der Waals surface area contributed by atoms with E-state index >= 15 is 0 Å². The second kappa shape index (κ2) is 3.93. The summed E-state index contributed by atoms with van der Waals surface area (Å²) in [7, 11) is 1.61. The minimum atomic E-state index is 0.0317. The first-order chi connectivity index (χ1) is 7.61. The number of Topliss-reactive ketones (excluding diaryl/α,β-unsaturated/α-hetero) is 1. The molecule has 1 aliphatic rings. The highest BCUT2D eigenvalue weighted by atomic mass is 16.5. The van der Waals surface area contributed by atoms with Gasteiger partial charge in [0, 0.05) is 23.3 Å². The van der Waals surface area contributed by atoms with E-state index in [1.54, 1.807) is 32.2 Å². The monoisotopic (exact) mass is 215 g/mol. The average molecular weight is 215 g/mol. The molecule has 0 radical (unpaired) electrons. The third kappa shape index (κ3) is 1.76. The summed E-state index contributed by atoms with van der Waals surface area (Å²) in [5, 5.41) is 7.38. The van der Waals surface area contributed by atoms with Crippen LogP contribution in [-0.2, 0) is 6.42 Å². The normalized spacial score (nSPS) is 16.4. The zero-order chi connectivity index (χ0) is 11.7. The van der Waals surface area contributed by atoms with E-state index in [1.165, 1.54) is 0 Å². The Morgan fingerprint density at radius 2 is 2.25 bits per heavy atom. The number of ether oxygens (including phenoxy) is 1. The lowest BCUT2D eigenvalue weighted by molar-refractivity contribution is 0.103. The predicted molar refractivity (Wildman–Crippen MR) is 62.5 cm³/mol. The molecular formula is C13H13NO2. The molecule has 3 heteroatoms. The molecule has 0 heterocycles. The lowest BCUT2D eigenvalue weighted by Gasteiger charge is -2.01. The maximum absolute atomic E-state index is 11.9. The summed E-state index contributed by atoms with van der Waals surface area (Å²) in [4.78, 5) is 11.9. The fraction of sp³-hybridized carbons (Fsp3) is 0.231. The molecule has 2 rings (SSSR count). The van der Waals surface area contributed by atoms with E-state index in [-0.39, 0.29) is 5.78 Å². The molecule has 0 unspecified atom stereocenters. The van der Waals surface area contributed by atoms with Crippen LogP contribution in [0.4, 0.5) is 0 Å². The highest BCUT2D eigenvalue weighted by molar-refractivity contribution is 6.15. The summed E-state index contributed by atoms with van der Waals surface area (Å²) in [5.41, 5.74) is 2.81. The van der Waals surface area contributed by atoms with Crippen LogP contribution in [0, 0.1) is 5.41 Å². The molecule has 1 aliphatic carbocycles. The molecular weight excluding hydrogens is 202 g/mol. The van der Waals surface area contributed by atoms with Crippen molar-refractivity contribution in [1.29, 1.82) is 5.41 Å². The number of methoxy groups -OCH3 is 1. The minimum absolute atomic E-state index is 0.0317. The number of allylic oxidation sites excluding steroid dienone is 2. The van der Waals surface area contributed by atoms with Crippen molar-refractivity contribution in [2.24, 2.45) is 0 Å². The molecule has 1 aromatic rings. The van der Waals surface area contributed by atoms with Crippen molar-refractivity contribution in [2.45, 2.75) is 13.3 Å². The second-order valence-corrected chi connectivity index (χ2v) is 3.88. The Balaban J connectivity index is 2.42. The molecule has 0 amide bonds. The predicted octanol–water partition coefficient (Wildman–Crippen LogP) is 2.40. The van der Waals surface area contributed by atoms with Gasteiger partial charge in [0.05, 0.1) is 7.11 Å². The van der Waals surface area contributed by atoms with Crippen molar-refractivity contribution < 1.29 is 9.53 Å². The summed E-state index contributed by atoms with van der Waals surface area (Å²) >= 11 is 0. The highest BCUT2D eigenvalue weighted by Crippen LogP contribution is 2.29. The van der Waals surface area contributed by atoms with E-state index in [0.717, 1.165) is 16.9 Å². The lowest BCUT2D eigenvalue weighted by Crippen LogP contribution is -1.97. The van der Waals surface area contributed by atoms with Crippen molar-refractivity contribution in [2.75, 3.05) is 7.11 Å². The van der Waals surface area contributed by atoms with Crippen molar-refractivity contribution in [1.82, 2.24) is 0 Å². The Morgan fingerprint density at radius 3 is 2.88 bits per heavy atom. The molecule has 0 aliphatic heterocycles. The second-order valence-electron chi connectivity index (χ2n) is 3.88. The zero-order valence-electron chi connectivity index (χ0n) is 9.33. The largest absolute Gasteiger partial charge is 0.497 e. The summed E-state index contributed by atoms with van der Waals surface area (Å²) in [6.45, 7) is 1.67. The zero-order valence-corrected chi connectivity index (χ0v) is 9.33. The number of carbonyl (C=O) groups excluding carboxylic acids is 1. The van der Waals surface area contributed by atoms with E-state index in [4.69, 9.17) is 10.1 Å². The molecule has 0 aromatic heterocycles. The number of hydrogen-bond donors (Lipinski definition) is 1. The average Bonchev–Trinajstić information content (AvgIpc) is 2.54. The summed E-state index contributed by atoms with van der Waals surface area (Å²) in [5.74, 6) is 0.795.